The number of aryl methyl sites for hydroxylation is 1. The molecular weight excluding hydrogens is 294 g/mol. The standard InChI is InChI=1S/C15H18ClNO2S/c1-10-4-5-20-15(10)9-17-8-11-6-13(18-2)14(19-3)7-12(11)16/h4-7,17H,8-9H2,1-3H3. The maximum Gasteiger partial charge on any atom is 0.162 e. The maximum absolute atomic E-state index is 6.26. The summed E-state index contributed by atoms with van der Waals surface area (Å²) in [6, 6.07) is 5.83. The summed E-state index contributed by atoms with van der Waals surface area (Å²) < 4.78 is 10.5. The first-order valence-electron chi connectivity index (χ1n) is 6.29. The van der Waals surface area contributed by atoms with Gasteiger partial charge in [0.1, 0.15) is 0 Å². The molecular formula is C15H18ClNO2S. The van der Waals surface area contributed by atoms with E-state index < -0.39 is 0 Å². The highest BCUT2D eigenvalue weighted by atomic mass is 35.5. The van der Waals surface area contributed by atoms with Crippen molar-refractivity contribution in [2.75, 3.05) is 14.2 Å². The third-order valence-corrected chi connectivity index (χ3v) is 4.50. The third-order valence-electron chi connectivity index (χ3n) is 3.12. The summed E-state index contributed by atoms with van der Waals surface area (Å²) in [5, 5.41) is 6.19. The molecule has 108 valence electrons. The van der Waals surface area contributed by atoms with E-state index in [9.17, 15) is 0 Å². The first-order valence-corrected chi connectivity index (χ1v) is 7.55. The summed E-state index contributed by atoms with van der Waals surface area (Å²) in [6.45, 7) is 3.65. The summed E-state index contributed by atoms with van der Waals surface area (Å²) in [5.41, 5.74) is 2.32. The minimum absolute atomic E-state index is 0.648. The average Bonchev–Trinajstić information content (AvgIpc) is 2.85. The molecule has 1 aromatic heterocycles. The summed E-state index contributed by atoms with van der Waals surface area (Å²) in [5.74, 6) is 1.34. The van der Waals surface area contributed by atoms with Gasteiger partial charge < -0.3 is 14.8 Å². The normalized spacial score (nSPS) is 10.6. The number of nitrogens with one attached hydrogen (secondary N) is 1. The molecule has 0 saturated carbocycles. The van der Waals surface area contributed by atoms with Gasteiger partial charge in [-0.25, -0.2) is 0 Å². The van der Waals surface area contributed by atoms with Gasteiger partial charge in [0.2, 0.25) is 0 Å². The van der Waals surface area contributed by atoms with Gasteiger partial charge in [-0.1, -0.05) is 11.6 Å². The maximum atomic E-state index is 6.26. The fourth-order valence-electron chi connectivity index (χ4n) is 1.93. The molecule has 20 heavy (non-hydrogen) atoms. The van der Waals surface area contributed by atoms with Crippen LogP contribution in [0.5, 0.6) is 11.5 Å². The van der Waals surface area contributed by atoms with Gasteiger partial charge >= 0.3 is 0 Å². The molecule has 2 rings (SSSR count). The van der Waals surface area contributed by atoms with Crippen molar-refractivity contribution >= 4 is 22.9 Å². The van der Waals surface area contributed by atoms with Crippen LogP contribution in [0.4, 0.5) is 0 Å². The molecule has 0 bridgehead atoms. The van der Waals surface area contributed by atoms with E-state index in [-0.39, 0.29) is 0 Å². The van der Waals surface area contributed by atoms with Crippen LogP contribution in [0, 0.1) is 6.92 Å². The van der Waals surface area contributed by atoms with Crippen LogP contribution in [0.25, 0.3) is 0 Å². The highest BCUT2D eigenvalue weighted by molar-refractivity contribution is 7.10. The second kappa shape index (κ2) is 6.97. The highest BCUT2D eigenvalue weighted by Crippen LogP contribution is 2.33. The van der Waals surface area contributed by atoms with Crippen molar-refractivity contribution in [2.24, 2.45) is 0 Å². The smallest absolute Gasteiger partial charge is 0.162 e. The number of rotatable bonds is 6. The molecule has 1 heterocycles. The molecule has 0 radical (unpaired) electrons. The SMILES string of the molecule is COc1cc(Cl)c(CNCc2sccc2C)cc1OC. The minimum Gasteiger partial charge on any atom is -0.493 e. The van der Waals surface area contributed by atoms with Crippen LogP contribution in [-0.2, 0) is 13.1 Å². The van der Waals surface area contributed by atoms with Crippen LogP contribution in [0.15, 0.2) is 23.6 Å². The van der Waals surface area contributed by atoms with Crippen LogP contribution < -0.4 is 14.8 Å². The Labute approximate surface area is 128 Å². The molecule has 2 aromatic rings. The van der Waals surface area contributed by atoms with Crippen molar-refractivity contribution in [3.63, 3.8) is 0 Å². The van der Waals surface area contributed by atoms with Gasteiger partial charge in [-0.15, -0.1) is 11.3 Å². The van der Waals surface area contributed by atoms with Crippen molar-refractivity contribution in [2.45, 2.75) is 20.0 Å². The zero-order chi connectivity index (χ0) is 14.5. The molecule has 1 aromatic carbocycles. The van der Waals surface area contributed by atoms with Crippen molar-refractivity contribution in [1.82, 2.24) is 5.32 Å². The third kappa shape index (κ3) is 3.45. The fraction of sp³-hybridized carbons (Fsp3) is 0.333. The van der Waals surface area contributed by atoms with Crippen LogP contribution in [-0.4, -0.2) is 14.2 Å². The topological polar surface area (TPSA) is 30.5 Å². The predicted molar refractivity (Wildman–Crippen MR) is 84.2 cm³/mol. The lowest BCUT2D eigenvalue weighted by Gasteiger charge is -2.12. The van der Waals surface area contributed by atoms with Crippen molar-refractivity contribution < 1.29 is 9.47 Å². The largest absolute Gasteiger partial charge is 0.493 e. The van der Waals surface area contributed by atoms with E-state index >= 15 is 0 Å². The number of ether oxygens (including phenoxy) is 2. The van der Waals surface area contributed by atoms with E-state index in [0.717, 1.165) is 12.1 Å². The number of thiophene rings is 1. The number of halogens is 1. The molecule has 0 spiro atoms. The van der Waals surface area contributed by atoms with Gasteiger partial charge in [0.15, 0.2) is 11.5 Å². The molecule has 5 heteroatoms. The Balaban J connectivity index is 2.04. The first-order chi connectivity index (χ1) is 9.65. The van der Waals surface area contributed by atoms with E-state index in [4.69, 9.17) is 21.1 Å². The lowest BCUT2D eigenvalue weighted by Crippen LogP contribution is -2.13. The van der Waals surface area contributed by atoms with E-state index in [2.05, 4.69) is 23.7 Å². The number of hydrogen-bond acceptors (Lipinski definition) is 4. The van der Waals surface area contributed by atoms with E-state index in [0.29, 0.717) is 23.1 Å². The molecule has 3 nitrogen and oxygen atoms in total. The lowest BCUT2D eigenvalue weighted by molar-refractivity contribution is 0.354. The second-order valence-corrected chi connectivity index (χ2v) is 5.84. The molecule has 0 amide bonds. The zero-order valence-electron chi connectivity index (χ0n) is 11.8. The van der Waals surface area contributed by atoms with E-state index in [1.807, 2.05) is 6.07 Å². The Hall–Kier alpha value is -1.23. The monoisotopic (exact) mass is 311 g/mol. The summed E-state index contributed by atoms with van der Waals surface area (Å²) in [7, 11) is 3.23. The number of methoxy groups -OCH3 is 2. The van der Waals surface area contributed by atoms with Crippen LogP contribution >= 0.6 is 22.9 Å². The number of benzene rings is 1. The Morgan fingerprint density at radius 2 is 1.85 bits per heavy atom. The van der Waals surface area contributed by atoms with Gasteiger partial charge in [-0.05, 0) is 35.6 Å². The van der Waals surface area contributed by atoms with E-state index in [1.54, 1.807) is 31.6 Å². The molecule has 0 fully saturated rings. The molecule has 0 aliphatic heterocycles. The lowest BCUT2D eigenvalue weighted by atomic mass is 10.2. The van der Waals surface area contributed by atoms with Gasteiger partial charge in [0.05, 0.1) is 14.2 Å². The average molecular weight is 312 g/mol. The molecule has 0 saturated heterocycles. The molecule has 0 atom stereocenters. The Bertz CT molecular complexity index is 583. The Kier molecular flexibility index (Phi) is 5.29. The molecule has 1 N–H and O–H groups in total. The van der Waals surface area contributed by atoms with Gasteiger partial charge in [-0.3, -0.25) is 0 Å². The summed E-state index contributed by atoms with van der Waals surface area (Å²) >= 11 is 8.02. The van der Waals surface area contributed by atoms with E-state index in [1.165, 1.54) is 10.4 Å². The van der Waals surface area contributed by atoms with Crippen LogP contribution in [0.1, 0.15) is 16.0 Å². The number of hydrogen-bond donors (Lipinski definition) is 1. The zero-order valence-corrected chi connectivity index (χ0v) is 13.4. The van der Waals surface area contributed by atoms with Gasteiger partial charge in [0, 0.05) is 29.1 Å². The van der Waals surface area contributed by atoms with Crippen LogP contribution in [0.2, 0.25) is 5.02 Å². The van der Waals surface area contributed by atoms with Gasteiger partial charge in [0.25, 0.3) is 0 Å². The van der Waals surface area contributed by atoms with Crippen LogP contribution in [0.3, 0.4) is 0 Å². The molecule has 0 unspecified atom stereocenters. The summed E-state index contributed by atoms with van der Waals surface area (Å²) in [6.07, 6.45) is 0. The summed E-state index contributed by atoms with van der Waals surface area (Å²) in [4.78, 5) is 1.35. The Morgan fingerprint density at radius 1 is 1.15 bits per heavy atom. The minimum atomic E-state index is 0.648. The van der Waals surface area contributed by atoms with Gasteiger partial charge in [-0.2, -0.15) is 0 Å². The predicted octanol–water partition coefficient (Wildman–Crippen LogP) is 4.02. The fourth-order valence-corrected chi connectivity index (χ4v) is 3.02. The molecule has 0 aliphatic rings. The van der Waals surface area contributed by atoms with Crippen molar-refractivity contribution in [3.8, 4) is 11.5 Å². The second-order valence-electron chi connectivity index (χ2n) is 4.43. The first kappa shape index (κ1) is 15.2. The highest BCUT2D eigenvalue weighted by Gasteiger charge is 2.09. The molecule has 0 aliphatic carbocycles. The van der Waals surface area contributed by atoms with Crippen molar-refractivity contribution in [3.05, 3.63) is 44.6 Å². The van der Waals surface area contributed by atoms with Crippen molar-refractivity contribution in [1.29, 1.82) is 0 Å². The quantitative estimate of drug-likeness (QED) is 0.874. The Morgan fingerprint density at radius 3 is 2.45 bits per heavy atom.